The summed E-state index contributed by atoms with van der Waals surface area (Å²) in [6.07, 6.45) is 4.56. The van der Waals surface area contributed by atoms with Crippen LogP contribution in [-0.2, 0) is 4.43 Å². The smallest absolute Gasteiger partial charge is 0.230 e. The molecule has 0 saturated heterocycles. The molecule has 1 nitrogen and oxygen atoms in total. The van der Waals surface area contributed by atoms with Crippen LogP contribution < -0.4 is 0 Å². The molecule has 0 bridgehead atoms. The highest BCUT2D eigenvalue weighted by Crippen LogP contribution is 1.97. The largest absolute Gasteiger partial charge is 0.415 e. The van der Waals surface area contributed by atoms with Gasteiger partial charge in [0.25, 0.3) is 0 Å². The van der Waals surface area contributed by atoms with Crippen LogP contribution in [0.5, 0.6) is 0 Å². The summed E-state index contributed by atoms with van der Waals surface area (Å²) >= 11 is 0. The summed E-state index contributed by atoms with van der Waals surface area (Å²) in [6, 6.07) is 1.13. The van der Waals surface area contributed by atoms with Crippen LogP contribution in [-0.4, -0.2) is 15.9 Å². The molecule has 2 radical (unpaired) electrons. The highest BCUT2D eigenvalue weighted by atomic mass is 28.2. The maximum atomic E-state index is 5.47. The molecule has 0 N–H and O–H groups in total. The SMILES string of the molecule is C=CCC[Si]OC(C)CC. The zero-order chi connectivity index (χ0) is 7.82. The van der Waals surface area contributed by atoms with Crippen LogP contribution in [0.4, 0.5) is 0 Å². The molecule has 0 aliphatic rings. The van der Waals surface area contributed by atoms with Crippen LogP contribution in [0.3, 0.4) is 0 Å². The highest BCUT2D eigenvalue weighted by Gasteiger charge is 1.96. The zero-order valence-corrected chi connectivity index (χ0v) is 7.89. The van der Waals surface area contributed by atoms with Gasteiger partial charge < -0.3 is 4.43 Å². The van der Waals surface area contributed by atoms with Gasteiger partial charge in [0.05, 0.1) is 0 Å². The minimum atomic E-state index is 0.433. The molecule has 1 atom stereocenters. The minimum absolute atomic E-state index is 0.433. The Bertz CT molecular complexity index is 83.3. The van der Waals surface area contributed by atoms with Crippen molar-refractivity contribution in [3.05, 3.63) is 12.7 Å². The molecule has 1 unspecified atom stereocenters. The third-order valence-corrected chi connectivity index (χ3v) is 2.37. The number of rotatable bonds is 6. The van der Waals surface area contributed by atoms with E-state index < -0.39 is 0 Å². The average molecular weight is 156 g/mol. The number of hydrogen-bond acceptors (Lipinski definition) is 1. The quantitative estimate of drug-likeness (QED) is 0.326. The minimum Gasteiger partial charge on any atom is -0.415 e. The molecule has 0 aliphatic carbocycles. The van der Waals surface area contributed by atoms with Gasteiger partial charge in [0, 0.05) is 6.10 Å². The molecule has 0 spiro atoms. The molecule has 0 fully saturated rings. The van der Waals surface area contributed by atoms with Gasteiger partial charge in [-0.25, -0.2) is 0 Å². The molecule has 0 aliphatic heterocycles. The van der Waals surface area contributed by atoms with E-state index in [1.807, 2.05) is 6.08 Å². The van der Waals surface area contributed by atoms with Crippen LogP contribution in [0.15, 0.2) is 12.7 Å². The Kier molecular flexibility index (Phi) is 6.97. The van der Waals surface area contributed by atoms with Crippen LogP contribution in [0, 0.1) is 0 Å². The standard InChI is InChI=1S/C8H16OSi/c1-4-6-7-10-9-8(3)5-2/h4,8H,1,5-7H2,2-3H3. The van der Waals surface area contributed by atoms with E-state index in [-0.39, 0.29) is 0 Å². The van der Waals surface area contributed by atoms with E-state index in [1.165, 1.54) is 0 Å². The summed E-state index contributed by atoms with van der Waals surface area (Å²) in [6.45, 7) is 7.90. The molecule has 0 aromatic carbocycles. The van der Waals surface area contributed by atoms with E-state index in [1.54, 1.807) is 0 Å². The molecule has 0 heterocycles. The van der Waals surface area contributed by atoms with Gasteiger partial charge in [-0.3, -0.25) is 0 Å². The number of hydrogen-bond donors (Lipinski definition) is 0. The summed E-state index contributed by atoms with van der Waals surface area (Å²) < 4.78 is 5.47. The first-order valence-electron chi connectivity index (χ1n) is 3.80. The van der Waals surface area contributed by atoms with Crippen LogP contribution in [0.25, 0.3) is 0 Å². The molecule has 0 rings (SSSR count). The maximum absolute atomic E-state index is 5.47. The van der Waals surface area contributed by atoms with E-state index >= 15 is 0 Å². The molecule has 0 saturated carbocycles. The van der Waals surface area contributed by atoms with Gasteiger partial charge in [-0.1, -0.05) is 13.0 Å². The lowest BCUT2D eigenvalue weighted by atomic mass is 10.3. The van der Waals surface area contributed by atoms with Crippen molar-refractivity contribution in [2.75, 3.05) is 0 Å². The predicted octanol–water partition coefficient (Wildman–Crippen LogP) is 2.42. The zero-order valence-electron chi connectivity index (χ0n) is 6.89. The number of allylic oxidation sites excluding steroid dienone is 1. The molecular weight excluding hydrogens is 140 g/mol. The molecule has 58 valence electrons. The van der Waals surface area contributed by atoms with Gasteiger partial charge in [0.15, 0.2) is 0 Å². The van der Waals surface area contributed by atoms with Gasteiger partial charge in [0.1, 0.15) is 0 Å². The van der Waals surface area contributed by atoms with Crippen LogP contribution in [0.2, 0.25) is 6.04 Å². The molecular formula is C8H16OSi. The maximum Gasteiger partial charge on any atom is 0.230 e. The molecule has 0 amide bonds. The van der Waals surface area contributed by atoms with E-state index in [0.29, 0.717) is 15.9 Å². The Balaban J connectivity index is 2.95. The van der Waals surface area contributed by atoms with E-state index in [0.717, 1.165) is 18.9 Å². The second kappa shape index (κ2) is 7.03. The average Bonchev–Trinajstić information content (AvgIpc) is 1.98. The first-order valence-corrected chi connectivity index (χ1v) is 4.92. The summed E-state index contributed by atoms with van der Waals surface area (Å²) in [7, 11) is 0.655. The topological polar surface area (TPSA) is 9.23 Å². The van der Waals surface area contributed by atoms with Gasteiger partial charge >= 0.3 is 0 Å². The van der Waals surface area contributed by atoms with E-state index in [4.69, 9.17) is 4.43 Å². The molecule has 0 aromatic heterocycles. The van der Waals surface area contributed by atoms with Crippen molar-refractivity contribution in [1.82, 2.24) is 0 Å². The normalized spacial score (nSPS) is 13.0. The highest BCUT2D eigenvalue weighted by molar-refractivity contribution is 6.27. The van der Waals surface area contributed by atoms with E-state index in [9.17, 15) is 0 Å². The summed E-state index contributed by atoms with van der Waals surface area (Å²) in [4.78, 5) is 0. The first kappa shape index (κ1) is 9.92. The van der Waals surface area contributed by atoms with Gasteiger partial charge in [-0.2, -0.15) is 0 Å². The Labute approximate surface area is 66.4 Å². The first-order chi connectivity index (χ1) is 4.81. The Morgan fingerprint density at radius 2 is 2.40 bits per heavy atom. The third kappa shape index (κ3) is 6.04. The van der Waals surface area contributed by atoms with Gasteiger partial charge in [-0.05, 0) is 25.8 Å². The second-order valence-electron chi connectivity index (χ2n) is 2.31. The summed E-state index contributed by atoms with van der Waals surface area (Å²) in [5, 5.41) is 0. The molecule has 0 aromatic rings. The van der Waals surface area contributed by atoms with Crippen molar-refractivity contribution < 1.29 is 4.43 Å². The third-order valence-electron chi connectivity index (χ3n) is 1.31. The fourth-order valence-electron chi connectivity index (χ4n) is 0.446. The Morgan fingerprint density at radius 3 is 2.90 bits per heavy atom. The van der Waals surface area contributed by atoms with Crippen LogP contribution in [0.1, 0.15) is 26.7 Å². The van der Waals surface area contributed by atoms with Crippen molar-refractivity contribution >= 4 is 9.76 Å². The lowest BCUT2D eigenvalue weighted by Gasteiger charge is -2.07. The summed E-state index contributed by atoms with van der Waals surface area (Å²) in [5.74, 6) is 0. The molecule has 10 heavy (non-hydrogen) atoms. The molecule has 2 heteroatoms. The summed E-state index contributed by atoms with van der Waals surface area (Å²) in [5.41, 5.74) is 0. The monoisotopic (exact) mass is 156 g/mol. The van der Waals surface area contributed by atoms with Gasteiger partial charge in [-0.15, -0.1) is 6.58 Å². The Morgan fingerprint density at radius 1 is 1.70 bits per heavy atom. The second-order valence-corrected chi connectivity index (χ2v) is 3.33. The lowest BCUT2D eigenvalue weighted by Crippen LogP contribution is -2.09. The van der Waals surface area contributed by atoms with Gasteiger partial charge in [0.2, 0.25) is 9.76 Å². The van der Waals surface area contributed by atoms with Crippen molar-refractivity contribution in [2.24, 2.45) is 0 Å². The lowest BCUT2D eigenvalue weighted by molar-refractivity contribution is 0.228. The van der Waals surface area contributed by atoms with Crippen molar-refractivity contribution in [3.63, 3.8) is 0 Å². The Hall–Kier alpha value is -0.0831. The van der Waals surface area contributed by atoms with Crippen LogP contribution >= 0.6 is 0 Å². The fraction of sp³-hybridized carbons (Fsp3) is 0.750. The van der Waals surface area contributed by atoms with Crippen molar-refractivity contribution in [3.8, 4) is 0 Å². The predicted molar refractivity (Wildman–Crippen MR) is 46.2 cm³/mol. The van der Waals surface area contributed by atoms with E-state index in [2.05, 4.69) is 20.4 Å². The van der Waals surface area contributed by atoms with Crippen molar-refractivity contribution in [1.29, 1.82) is 0 Å². The fourth-order valence-corrected chi connectivity index (χ4v) is 1.34. The van der Waals surface area contributed by atoms with Crippen molar-refractivity contribution in [2.45, 2.75) is 38.8 Å².